The Hall–Kier alpha value is -2.79. The number of carbonyl (C=O) groups is 2. The Kier molecular flexibility index (Phi) is 10.1. The molecule has 1 aromatic heterocycles. The normalized spacial score (nSPS) is 18.1. The van der Waals surface area contributed by atoms with Crippen molar-refractivity contribution < 1.29 is 27.9 Å². The van der Waals surface area contributed by atoms with Gasteiger partial charge >= 0.3 is 0 Å². The fourth-order valence-electron chi connectivity index (χ4n) is 4.89. The average Bonchev–Trinajstić information content (AvgIpc) is 3.37. The number of amides is 2. The third kappa shape index (κ3) is 8.60. The standard InChI is InChI=1S/C29H41FN4O5/c1-29(2,3)31-27(35)26(22-5-7-23(30)8-6-22)34(12-4-11-32-13-17-37-18-14-32)28(36)25-10-9-24(39-25)21-33-15-19-38-20-16-33/h5-10,26H,4,11-21H2,1-3H3,(H,31,35). The van der Waals surface area contributed by atoms with Crippen molar-refractivity contribution in [3.05, 3.63) is 59.3 Å². The van der Waals surface area contributed by atoms with E-state index in [1.807, 2.05) is 26.8 Å². The van der Waals surface area contributed by atoms with E-state index in [-0.39, 0.29) is 17.6 Å². The molecule has 214 valence electrons. The number of halogens is 1. The Morgan fingerprint density at radius 1 is 0.949 bits per heavy atom. The van der Waals surface area contributed by atoms with Crippen molar-refractivity contribution in [2.45, 2.75) is 45.3 Å². The van der Waals surface area contributed by atoms with Gasteiger partial charge in [-0.2, -0.15) is 0 Å². The van der Waals surface area contributed by atoms with Crippen LogP contribution in [0.3, 0.4) is 0 Å². The molecule has 1 unspecified atom stereocenters. The molecule has 1 atom stereocenters. The Balaban J connectivity index is 1.59. The van der Waals surface area contributed by atoms with Crippen molar-refractivity contribution in [3.8, 4) is 0 Å². The van der Waals surface area contributed by atoms with Crippen molar-refractivity contribution in [2.75, 3.05) is 65.7 Å². The van der Waals surface area contributed by atoms with Gasteiger partial charge < -0.3 is 24.1 Å². The van der Waals surface area contributed by atoms with Gasteiger partial charge in [-0.3, -0.25) is 19.4 Å². The van der Waals surface area contributed by atoms with Crippen molar-refractivity contribution in [2.24, 2.45) is 0 Å². The molecule has 39 heavy (non-hydrogen) atoms. The minimum absolute atomic E-state index is 0.181. The summed E-state index contributed by atoms with van der Waals surface area (Å²) in [6.45, 7) is 13.3. The van der Waals surface area contributed by atoms with Crippen LogP contribution in [-0.2, 0) is 20.8 Å². The van der Waals surface area contributed by atoms with Crippen molar-refractivity contribution in [1.82, 2.24) is 20.0 Å². The molecule has 2 aliphatic heterocycles. The summed E-state index contributed by atoms with van der Waals surface area (Å²) in [6, 6.07) is 8.31. The van der Waals surface area contributed by atoms with E-state index in [4.69, 9.17) is 13.9 Å². The van der Waals surface area contributed by atoms with Crippen LogP contribution in [0.1, 0.15) is 55.1 Å². The molecule has 2 fully saturated rings. The molecule has 10 heteroatoms. The van der Waals surface area contributed by atoms with Crippen LogP contribution in [0.15, 0.2) is 40.8 Å². The van der Waals surface area contributed by atoms with Gasteiger partial charge in [-0.05, 0) is 57.0 Å². The third-order valence-corrected chi connectivity index (χ3v) is 6.84. The predicted octanol–water partition coefficient (Wildman–Crippen LogP) is 3.07. The summed E-state index contributed by atoms with van der Waals surface area (Å²) < 4.78 is 30.7. The first-order valence-corrected chi connectivity index (χ1v) is 13.8. The smallest absolute Gasteiger partial charge is 0.290 e. The summed E-state index contributed by atoms with van der Waals surface area (Å²) >= 11 is 0. The second kappa shape index (κ2) is 13.5. The van der Waals surface area contributed by atoms with Crippen molar-refractivity contribution in [1.29, 1.82) is 0 Å². The minimum Gasteiger partial charge on any atom is -0.455 e. The highest BCUT2D eigenvalue weighted by Gasteiger charge is 2.35. The molecular formula is C29H41FN4O5. The topological polar surface area (TPSA) is 87.5 Å². The van der Waals surface area contributed by atoms with E-state index >= 15 is 0 Å². The summed E-state index contributed by atoms with van der Waals surface area (Å²) in [5, 5.41) is 3.02. The molecule has 1 N–H and O–H groups in total. The van der Waals surface area contributed by atoms with Crippen LogP contribution in [0.4, 0.5) is 4.39 Å². The van der Waals surface area contributed by atoms with Gasteiger partial charge in [-0.1, -0.05) is 12.1 Å². The van der Waals surface area contributed by atoms with Crippen LogP contribution in [0.25, 0.3) is 0 Å². The third-order valence-electron chi connectivity index (χ3n) is 6.84. The highest BCUT2D eigenvalue weighted by Crippen LogP contribution is 2.26. The maximum atomic E-state index is 14.0. The highest BCUT2D eigenvalue weighted by atomic mass is 19.1. The Labute approximate surface area is 230 Å². The quantitative estimate of drug-likeness (QED) is 0.492. The largest absolute Gasteiger partial charge is 0.455 e. The zero-order valence-electron chi connectivity index (χ0n) is 23.3. The molecular weight excluding hydrogens is 503 g/mol. The summed E-state index contributed by atoms with van der Waals surface area (Å²) in [5.74, 6) is -0.235. The first-order valence-electron chi connectivity index (χ1n) is 13.8. The Bertz CT molecular complexity index is 1070. The summed E-state index contributed by atoms with van der Waals surface area (Å²) in [7, 11) is 0. The molecule has 0 radical (unpaired) electrons. The van der Waals surface area contributed by atoms with Gasteiger partial charge in [0.2, 0.25) is 5.91 Å². The molecule has 0 spiro atoms. The number of morpholine rings is 2. The van der Waals surface area contributed by atoms with Crippen LogP contribution in [0.2, 0.25) is 0 Å². The van der Waals surface area contributed by atoms with Gasteiger partial charge in [-0.25, -0.2) is 4.39 Å². The molecule has 2 aromatic rings. The predicted molar refractivity (Wildman–Crippen MR) is 145 cm³/mol. The lowest BCUT2D eigenvalue weighted by Crippen LogP contribution is -2.50. The number of rotatable bonds is 10. The molecule has 2 saturated heterocycles. The lowest BCUT2D eigenvalue weighted by atomic mass is 10.0. The lowest BCUT2D eigenvalue weighted by molar-refractivity contribution is -0.127. The molecule has 0 aliphatic carbocycles. The maximum absolute atomic E-state index is 14.0. The molecule has 2 amide bonds. The number of hydrogen-bond acceptors (Lipinski definition) is 7. The molecule has 2 aliphatic rings. The van der Waals surface area contributed by atoms with Gasteiger partial charge in [0.1, 0.15) is 17.6 Å². The minimum atomic E-state index is -0.949. The fourth-order valence-corrected chi connectivity index (χ4v) is 4.89. The van der Waals surface area contributed by atoms with Gasteiger partial charge in [0.25, 0.3) is 5.91 Å². The highest BCUT2D eigenvalue weighted by molar-refractivity contribution is 5.96. The molecule has 0 saturated carbocycles. The van der Waals surface area contributed by atoms with E-state index in [1.165, 1.54) is 12.1 Å². The number of furan rings is 1. The number of hydrogen-bond donors (Lipinski definition) is 1. The second-order valence-corrected chi connectivity index (χ2v) is 11.2. The molecule has 3 heterocycles. The first-order chi connectivity index (χ1) is 18.7. The van der Waals surface area contributed by atoms with Crippen LogP contribution >= 0.6 is 0 Å². The van der Waals surface area contributed by atoms with Gasteiger partial charge in [0, 0.05) is 44.8 Å². The van der Waals surface area contributed by atoms with E-state index in [2.05, 4.69) is 15.1 Å². The zero-order chi connectivity index (χ0) is 27.8. The molecule has 1 aromatic carbocycles. The summed E-state index contributed by atoms with van der Waals surface area (Å²) in [5.41, 5.74) is 0.0198. The molecule has 4 rings (SSSR count). The number of ether oxygens (including phenoxy) is 2. The zero-order valence-corrected chi connectivity index (χ0v) is 23.3. The first kappa shape index (κ1) is 29.2. The van der Waals surface area contributed by atoms with E-state index in [9.17, 15) is 14.0 Å². The monoisotopic (exact) mass is 544 g/mol. The number of nitrogens with zero attached hydrogens (tertiary/aromatic N) is 3. The summed E-state index contributed by atoms with van der Waals surface area (Å²) in [6.07, 6.45) is 0.660. The molecule has 0 bridgehead atoms. The van der Waals surface area contributed by atoms with Gasteiger partial charge in [0.05, 0.1) is 33.0 Å². The van der Waals surface area contributed by atoms with E-state index < -0.39 is 17.4 Å². The summed E-state index contributed by atoms with van der Waals surface area (Å²) in [4.78, 5) is 33.7. The van der Waals surface area contributed by atoms with E-state index in [1.54, 1.807) is 23.1 Å². The number of carbonyl (C=O) groups excluding carboxylic acids is 2. The van der Waals surface area contributed by atoms with Crippen molar-refractivity contribution in [3.63, 3.8) is 0 Å². The lowest BCUT2D eigenvalue weighted by Gasteiger charge is -2.34. The van der Waals surface area contributed by atoms with E-state index in [0.717, 1.165) is 32.7 Å². The fraction of sp³-hybridized carbons (Fsp3) is 0.586. The number of benzene rings is 1. The van der Waals surface area contributed by atoms with Crippen LogP contribution in [0.5, 0.6) is 0 Å². The molecule has 9 nitrogen and oxygen atoms in total. The van der Waals surface area contributed by atoms with Crippen LogP contribution in [-0.4, -0.2) is 97.7 Å². The number of nitrogens with one attached hydrogen (secondary N) is 1. The SMILES string of the molecule is CC(C)(C)NC(=O)C(c1ccc(F)cc1)N(CCCN1CCOCC1)C(=O)c1ccc(CN2CCOCC2)o1. The second-order valence-electron chi connectivity index (χ2n) is 11.2. The Morgan fingerprint density at radius 3 is 2.18 bits per heavy atom. The van der Waals surface area contributed by atoms with Crippen molar-refractivity contribution >= 4 is 11.8 Å². The van der Waals surface area contributed by atoms with Crippen LogP contribution < -0.4 is 5.32 Å². The van der Waals surface area contributed by atoms with Crippen LogP contribution in [0, 0.1) is 5.82 Å². The van der Waals surface area contributed by atoms with E-state index in [0.29, 0.717) is 57.3 Å². The van der Waals surface area contributed by atoms with Gasteiger partial charge in [0.15, 0.2) is 5.76 Å². The average molecular weight is 545 g/mol. The van der Waals surface area contributed by atoms with Gasteiger partial charge in [-0.15, -0.1) is 0 Å². The maximum Gasteiger partial charge on any atom is 0.290 e. The Morgan fingerprint density at radius 2 is 1.56 bits per heavy atom.